The van der Waals surface area contributed by atoms with Crippen LogP contribution in [0.1, 0.15) is 31.9 Å². The summed E-state index contributed by atoms with van der Waals surface area (Å²) in [4.78, 5) is 25.5. The third-order valence-electron chi connectivity index (χ3n) is 5.27. The minimum absolute atomic E-state index is 0.0367. The molecule has 0 unspecified atom stereocenters. The average molecular weight is 484 g/mol. The second kappa shape index (κ2) is 9.30. The van der Waals surface area contributed by atoms with E-state index in [2.05, 4.69) is 4.72 Å². The number of ether oxygens (including phenoxy) is 1. The Hall–Kier alpha value is -3.27. The summed E-state index contributed by atoms with van der Waals surface area (Å²) in [6.45, 7) is 3.78. The lowest BCUT2D eigenvalue weighted by Gasteiger charge is -2.10. The number of sulfonamides is 1. The minimum Gasteiger partial charge on any atom is -0.457 e. The van der Waals surface area contributed by atoms with E-state index in [0.717, 1.165) is 16.0 Å². The van der Waals surface area contributed by atoms with Crippen LogP contribution in [0, 0.1) is 13.8 Å². The van der Waals surface area contributed by atoms with Gasteiger partial charge in [0.2, 0.25) is 10.0 Å². The molecule has 170 valence electrons. The Balaban J connectivity index is 1.52. The number of esters is 1. The van der Waals surface area contributed by atoms with Crippen molar-refractivity contribution >= 4 is 38.3 Å². The Morgan fingerprint density at radius 3 is 2.67 bits per heavy atom. The Kier molecular flexibility index (Phi) is 6.46. The molecule has 0 bridgehead atoms. The van der Waals surface area contributed by atoms with E-state index in [1.54, 1.807) is 0 Å². The van der Waals surface area contributed by atoms with Crippen molar-refractivity contribution in [3.8, 4) is 0 Å². The van der Waals surface area contributed by atoms with Gasteiger partial charge in [-0.25, -0.2) is 22.7 Å². The molecule has 0 amide bonds. The molecule has 33 heavy (non-hydrogen) atoms. The highest BCUT2D eigenvalue weighted by Crippen LogP contribution is 2.24. The number of aryl methyl sites for hydroxylation is 2. The molecule has 7 nitrogen and oxygen atoms in total. The predicted octanol–water partition coefficient (Wildman–Crippen LogP) is 4.31. The third kappa shape index (κ3) is 5.05. The number of benzene rings is 2. The molecule has 4 aromatic rings. The maximum absolute atomic E-state index is 12.6. The van der Waals surface area contributed by atoms with Crippen molar-refractivity contribution in [3.63, 3.8) is 0 Å². The highest BCUT2D eigenvalue weighted by molar-refractivity contribution is 7.89. The van der Waals surface area contributed by atoms with Gasteiger partial charge >= 0.3 is 11.6 Å². The largest absolute Gasteiger partial charge is 0.457 e. The van der Waals surface area contributed by atoms with E-state index >= 15 is 0 Å². The van der Waals surface area contributed by atoms with Crippen LogP contribution in [-0.4, -0.2) is 14.4 Å². The molecule has 4 rings (SSSR count). The molecule has 0 saturated heterocycles. The first-order valence-electron chi connectivity index (χ1n) is 10.1. The Labute approximate surface area is 194 Å². The summed E-state index contributed by atoms with van der Waals surface area (Å²) in [5.74, 6) is -0.699. The van der Waals surface area contributed by atoms with Gasteiger partial charge in [-0.2, -0.15) is 0 Å². The standard InChI is InChI=1S/C24H21NO6S2/c1-15-8-9-21-18(12-22(26)31-23(21)16(15)2)14-30-24(27)17-5-3-7-20(11-17)33(28,29)25-13-19-6-4-10-32-19/h3-12,25H,13-14H2,1-2H3. The summed E-state index contributed by atoms with van der Waals surface area (Å²) in [6, 6.07) is 14.3. The molecule has 0 saturated carbocycles. The van der Waals surface area contributed by atoms with Crippen LogP contribution in [0.15, 0.2) is 74.1 Å². The van der Waals surface area contributed by atoms with Crippen LogP contribution in [0.3, 0.4) is 0 Å². The van der Waals surface area contributed by atoms with Gasteiger partial charge in [-0.3, -0.25) is 0 Å². The second-order valence-electron chi connectivity index (χ2n) is 7.48. The molecule has 2 heterocycles. The summed E-state index contributed by atoms with van der Waals surface area (Å²) in [5, 5.41) is 2.54. The average Bonchev–Trinajstić information content (AvgIpc) is 3.32. The van der Waals surface area contributed by atoms with Gasteiger partial charge in [0.05, 0.1) is 10.5 Å². The zero-order valence-corrected chi connectivity index (χ0v) is 19.6. The molecule has 0 aliphatic rings. The van der Waals surface area contributed by atoms with Crippen molar-refractivity contribution in [3.05, 3.63) is 97.5 Å². The van der Waals surface area contributed by atoms with Crippen molar-refractivity contribution in [2.75, 3.05) is 0 Å². The molecule has 2 aromatic carbocycles. The van der Waals surface area contributed by atoms with E-state index in [9.17, 15) is 18.0 Å². The van der Waals surface area contributed by atoms with Crippen LogP contribution in [0.25, 0.3) is 11.0 Å². The fraction of sp³-hybridized carbons (Fsp3) is 0.167. The lowest BCUT2D eigenvalue weighted by molar-refractivity contribution is 0.0473. The molecule has 0 aliphatic carbocycles. The van der Waals surface area contributed by atoms with E-state index in [1.807, 2.05) is 43.5 Å². The second-order valence-corrected chi connectivity index (χ2v) is 10.3. The van der Waals surface area contributed by atoms with Crippen LogP contribution < -0.4 is 10.3 Å². The fourth-order valence-corrected chi connectivity index (χ4v) is 5.11. The topological polar surface area (TPSA) is 103 Å². The number of nitrogens with one attached hydrogen (secondary N) is 1. The van der Waals surface area contributed by atoms with Crippen molar-refractivity contribution < 1.29 is 22.4 Å². The van der Waals surface area contributed by atoms with Gasteiger partial charge < -0.3 is 9.15 Å². The smallest absolute Gasteiger partial charge is 0.338 e. The number of carbonyl (C=O) groups excluding carboxylic acids is 1. The number of rotatable bonds is 7. The summed E-state index contributed by atoms with van der Waals surface area (Å²) in [7, 11) is -3.81. The molecule has 0 aliphatic heterocycles. The van der Waals surface area contributed by atoms with E-state index < -0.39 is 21.6 Å². The summed E-state index contributed by atoms with van der Waals surface area (Å²) >= 11 is 1.44. The molecule has 9 heteroatoms. The predicted molar refractivity (Wildman–Crippen MR) is 126 cm³/mol. The first-order chi connectivity index (χ1) is 15.7. The molecule has 0 atom stereocenters. The van der Waals surface area contributed by atoms with Gasteiger partial charge in [0.25, 0.3) is 0 Å². The van der Waals surface area contributed by atoms with E-state index in [4.69, 9.17) is 9.15 Å². The Morgan fingerprint density at radius 2 is 1.91 bits per heavy atom. The van der Waals surface area contributed by atoms with Crippen molar-refractivity contribution in [2.45, 2.75) is 31.9 Å². The normalized spacial score (nSPS) is 11.6. The lowest BCUT2D eigenvalue weighted by Crippen LogP contribution is -2.23. The molecular formula is C24H21NO6S2. The fourth-order valence-electron chi connectivity index (χ4n) is 3.32. The van der Waals surface area contributed by atoms with Gasteiger partial charge in [-0.15, -0.1) is 11.3 Å². The van der Waals surface area contributed by atoms with Crippen LogP contribution in [-0.2, 0) is 27.9 Å². The zero-order valence-electron chi connectivity index (χ0n) is 18.0. The number of thiophene rings is 1. The van der Waals surface area contributed by atoms with Crippen LogP contribution in [0.4, 0.5) is 0 Å². The summed E-state index contributed by atoms with van der Waals surface area (Å²) in [6.07, 6.45) is 0. The molecular weight excluding hydrogens is 462 g/mol. The molecule has 0 spiro atoms. The van der Waals surface area contributed by atoms with Gasteiger partial charge in [-0.1, -0.05) is 24.3 Å². The van der Waals surface area contributed by atoms with E-state index in [1.165, 1.54) is 41.7 Å². The maximum Gasteiger partial charge on any atom is 0.338 e. The van der Waals surface area contributed by atoms with Crippen molar-refractivity contribution in [2.24, 2.45) is 0 Å². The number of hydrogen-bond donors (Lipinski definition) is 1. The number of carbonyl (C=O) groups is 1. The Bertz CT molecular complexity index is 1490. The highest BCUT2D eigenvalue weighted by atomic mass is 32.2. The molecule has 1 N–H and O–H groups in total. The highest BCUT2D eigenvalue weighted by Gasteiger charge is 2.18. The third-order valence-corrected chi connectivity index (χ3v) is 7.55. The molecule has 0 fully saturated rings. The van der Waals surface area contributed by atoms with E-state index in [0.29, 0.717) is 16.5 Å². The van der Waals surface area contributed by atoms with Crippen LogP contribution in [0.5, 0.6) is 0 Å². The van der Waals surface area contributed by atoms with Gasteiger partial charge in [0.15, 0.2) is 0 Å². The number of hydrogen-bond acceptors (Lipinski definition) is 7. The first-order valence-corrected chi connectivity index (χ1v) is 12.4. The van der Waals surface area contributed by atoms with Crippen molar-refractivity contribution in [1.29, 1.82) is 0 Å². The molecule has 2 aromatic heterocycles. The van der Waals surface area contributed by atoms with Crippen LogP contribution in [0.2, 0.25) is 0 Å². The minimum atomic E-state index is -3.81. The molecule has 0 radical (unpaired) electrons. The lowest BCUT2D eigenvalue weighted by atomic mass is 10.0. The SMILES string of the molecule is Cc1ccc2c(COC(=O)c3cccc(S(=O)(=O)NCc4cccs4)c3)cc(=O)oc2c1C. The van der Waals surface area contributed by atoms with Gasteiger partial charge in [0.1, 0.15) is 12.2 Å². The quantitative estimate of drug-likeness (QED) is 0.310. The first kappa shape index (κ1) is 22.9. The summed E-state index contributed by atoms with van der Waals surface area (Å²) < 4.78 is 38.5. The maximum atomic E-state index is 12.6. The number of fused-ring (bicyclic) bond motifs is 1. The van der Waals surface area contributed by atoms with Crippen molar-refractivity contribution in [1.82, 2.24) is 4.72 Å². The van der Waals surface area contributed by atoms with Gasteiger partial charge in [-0.05, 0) is 54.6 Å². The van der Waals surface area contributed by atoms with E-state index in [-0.39, 0.29) is 23.6 Å². The summed E-state index contributed by atoms with van der Waals surface area (Å²) in [5.41, 5.74) is 2.34. The zero-order chi connectivity index (χ0) is 23.6. The van der Waals surface area contributed by atoms with Gasteiger partial charge in [0, 0.05) is 28.4 Å². The Morgan fingerprint density at radius 1 is 1.09 bits per heavy atom. The monoisotopic (exact) mass is 483 g/mol. The van der Waals surface area contributed by atoms with Crippen LogP contribution >= 0.6 is 11.3 Å².